The second-order valence-electron chi connectivity index (χ2n) is 11.0. The van der Waals surface area contributed by atoms with E-state index in [0.29, 0.717) is 10.8 Å². The predicted molar refractivity (Wildman–Crippen MR) is 125 cm³/mol. The molecule has 0 aliphatic carbocycles. The quantitative estimate of drug-likeness (QED) is 0.386. The van der Waals surface area contributed by atoms with Crippen LogP contribution in [-0.2, 0) is 25.7 Å². The molecule has 2 rings (SSSR count). The van der Waals surface area contributed by atoms with Gasteiger partial charge in [-0.15, -0.1) is 0 Å². The Bertz CT molecular complexity index is 611. The molecule has 0 aliphatic rings. The van der Waals surface area contributed by atoms with Crippen LogP contribution < -0.4 is 0 Å². The molecular weight excluding hydrogens is 336 g/mol. The third kappa shape index (κ3) is 9.58. The summed E-state index contributed by atoms with van der Waals surface area (Å²) in [5, 5.41) is 0. The van der Waals surface area contributed by atoms with Crippen LogP contribution in [0.1, 0.15) is 89.5 Å². The number of hydrogen-bond acceptors (Lipinski definition) is 0. The van der Waals surface area contributed by atoms with Crippen molar-refractivity contribution < 1.29 is 0 Å². The van der Waals surface area contributed by atoms with E-state index in [-0.39, 0.29) is 0 Å². The minimum Gasteiger partial charge on any atom is -0.0599 e. The second-order valence-corrected chi connectivity index (χ2v) is 11.0. The van der Waals surface area contributed by atoms with Crippen LogP contribution in [-0.4, -0.2) is 0 Å². The normalized spacial score (nSPS) is 12.4. The second kappa shape index (κ2) is 10.3. The summed E-state index contributed by atoms with van der Waals surface area (Å²) in [6.07, 6.45) is 10.0. The molecule has 154 valence electrons. The lowest BCUT2D eigenvalue weighted by Gasteiger charge is -2.18. The van der Waals surface area contributed by atoms with E-state index in [0.717, 1.165) is 12.8 Å². The largest absolute Gasteiger partial charge is 0.0599 e. The Morgan fingerprint density at radius 1 is 0.429 bits per heavy atom. The molecule has 2 aromatic carbocycles. The van der Waals surface area contributed by atoms with E-state index in [1.165, 1.54) is 60.8 Å². The first-order valence-electron chi connectivity index (χ1n) is 11.3. The van der Waals surface area contributed by atoms with Gasteiger partial charge in [0, 0.05) is 0 Å². The van der Waals surface area contributed by atoms with Gasteiger partial charge in [-0.25, -0.2) is 0 Å². The highest BCUT2D eigenvalue weighted by Crippen LogP contribution is 2.22. The van der Waals surface area contributed by atoms with Crippen molar-refractivity contribution in [3.8, 4) is 0 Å². The van der Waals surface area contributed by atoms with Crippen LogP contribution in [0.5, 0.6) is 0 Å². The zero-order chi connectivity index (χ0) is 20.6. The fourth-order valence-corrected chi connectivity index (χ4v) is 3.88. The molecule has 0 unspecified atom stereocenters. The summed E-state index contributed by atoms with van der Waals surface area (Å²) in [5.74, 6) is 0. The van der Waals surface area contributed by atoms with Gasteiger partial charge in [-0.3, -0.25) is 0 Å². The summed E-state index contributed by atoms with van der Waals surface area (Å²) in [4.78, 5) is 0. The van der Waals surface area contributed by atoms with Crippen molar-refractivity contribution in [2.24, 2.45) is 10.8 Å². The van der Waals surface area contributed by atoms with E-state index in [1.54, 1.807) is 0 Å². The molecule has 0 bridgehead atoms. The molecule has 0 spiro atoms. The SMILES string of the molecule is CC(C)(C)Cc1ccc(CCCCCCc2ccc(CC(C)(C)C)cc2)cc1. The molecule has 0 radical (unpaired) electrons. The van der Waals surface area contributed by atoms with E-state index < -0.39 is 0 Å². The van der Waals surface area contributed by atoms with Crippen molar-refractivity contribution in [1.29, 1.82) is 0 Å². The average Bonchev–Trinajstić information content (AvgIpc) is 2.58. The van der Waals surface area contributed by atoms with Crippen LogP contribution >= 0.6 is 0 Å². The summed E-state index contributed by atoms with van der Waals surface area (Å²) in [6, 6.07) is 18.6. The molecule has 0 N–H and O–H groups in total. The number of benzene rings is 2. The topological polar surface area (TPSA) is 0 Å². The molecule has 0 saturated carbocycles. The van der Waals surface area contributed by atoms with Crippen LogP contribution in [0.25, 0.3) is 0 Å². The average molecular weight is 379 g/mol. The fraction of sp³-hybridized carbons (Fsp3) is 0.571. The van der Waals surface area contributed by atoms with E-state index in [9.17, 15) is 0 Å². The van der Waals surface area contributed by atoms with Gasteiger partial charge in [0.25, 0.3) is 0 Å². The van der Waals surface area contributed by atoms with Gasteiger partial charge in [0.15, 0.2) is 0 Å². The summed E-state index contributed by atoms with van der Waals surface area (Å²) in [6.45, 7) is 13.8. The van der Waals surface area contributed by atoms with Gasteiger partial charge in [-0.05, 0) is 71.6 Å². The molecule has 0 aliphatic heterocycles. The van der Waals surface area contributed by atoms with E-state index in [1.807, 2.05) is 0 Å². The van der Waals surface area contributed by atoms with E-state index in [2.05, 4.69) is 90.1 Å². The van der Waals surface area contributed by atoms with Gasteiger partial charge in [-0.1, -0.05) is 103 Å². The highest BCUT2D eigenvalue weighted by atomic mass is 14.2. The zero-order valence-electron chi connectivity index (χ0n) is 19.3. The van der Waals surface area contributed by atoms with Crippen LogP contribution in [0.4, 0.5) is 0 Å². The molecule has 0 atom stereocenters. The third-order valence-electron chi connectivity index (χ3n) is 5.20. The number of rotatable bonds is 9. The maximum absolute atomic E-state index is 2.33. The smallest absolute Gasteiger partial charge is 0.0230 e. The lowest BCUT2D eigenvalue weighted by molar-refractivity contribution is 0.411. The molecule has 0 aromatic heterocycles. The molecular formula is C28H42. The van der Waals surface area contributed by atoms with Gasteiger partial charge in [0.1, 0.15) is 0 Å². The van der Waals surface area contributed by atoms with Crippen molar-refractivity contribution in [2.45, 2.75) is 92.9 Å². The Hall–Kier alpha value is -1.56. The van der Waals surface area contributed by atoms with E-state index >= 15 is 0 Å². The summed E-state index contributed by atoms with van der Waals surface area (Å²) in [5.41, 5.74) is 6.65. The van der Waals surface area contributed by atoms with Crippen molar-refractivity contribution >= 4 is 0 Å². The van der Waals surface area contributed by atoms with Gasteiger partial charge >= 0.3 is 0 Å². The predicted octanol–water partition coefficient (Wildman–Crippen LogP) is 8.21. The Morgan fingerprint density at radius 3 is 1.00 bits per heavy atom. The van der Waals surface area contributed by atoms with Gasteiger partial charge in [0.2, 0.25) is 0 Å². The minimum atomic E-state index is 0.369. The maximum atomic E-state index is 2.33. The van der Waals surface area contributed by atoms with Crippen molar-refractivity contribution in [3.63, 3.8) is 0 Å². The molecule has 0 saturated heterocycles. The number of hydrogen-bond donors (Lipinski definition) is 0. The van der Waals surface area contributed by atoms with Gasteiger partial charge < -0.3 is 0 Å². The van der Waals surface area contributed by atoms with Gasteiger partial charge in [-0.2, -0.15) is 0 Å². The number of unbranched alkanes of at least 4 members (excludes halogenated alkanes) is 3. The minimum absolute atomic E-state index is 0.369. The monoisotopic (exact) mass is 378 g/mol. The molecule has 2 aromatic rings. The van der Waals surface area contributed by atoms with Gasteiger partial charge in [0.05, 0.1) is 0 Å². The Labute approximate surface area is 174 Å². The van der Waals surface area contributed by atoms with Crippen molar-refractivity contribution in [3.05, 3.63) is 70.8 Å². The molecule has 0 heterocycles. The molecule has 0 amide bonds. The first kappa shape index (κ1) is 22.7. The summed E-state index contributed by atoms with van der Waals surface area (Å²) >= 11 is 0. The third-order valence-corrected chi connectivity index (χ3v) is 5.20. The first-order valence-corrected chi connectivity index (χ1v) is 11.3. The first-order chi connectivity index (χ1) is 13.1. The lowest BCUT2D eigenvalue weighted by Crippen LogP contribution is -2.09. The van der Waals surface area contributed by atoms with Crippen LogP contribution in [0.2, 0.25) is 0 Å². The highest BCUT2D eigenvalue weighted by molar-refractivity contribution is 5.24. The van der Waals surface area contributed by atoms with Crippen LogP contribution in [0, 0.1) is 10.8 Å². The van der Waals surface area contributed by atoms with Crippen LogP contribution in [0.3, 0.4) is 0 Å². The molecule has 28 heavy (non-hydrogen) atoms. The lowest BCUT2D eigenvalue weighted by atomic mass is 9.87. The zero-order valence-corrected chi connectivity index (χ0v) is 19.3. The standard InChI is InChI=1S/C28H42/c1-27(2,3)21-25-17-13-23(14-18-25)11-9-7-8-10-12-24-15-19-26(20-16-24)22-28(4,5)6/h13-20H,7-12,21-22H2,1-6H3. The Kier molecular flexibility index (Phi) is 8.35. The molecule has 0 heteroatoms. The van der Waals surface area contributed by atoms with Crippen LogP contribution in [0.15, 0.2) is 48.5 Å². The molecule has 0 nitrogen and oxygen atoms in total. The Morgan fingerprint density at radius 2 is 0.714 bits per heavy atom. The van der Waals surface area contributed by atoms with E-state index in [4.69, 9.17) is 0 Å². The number of aryl methyl sites for hydroxylation is 2. The molecule has 0 fully saturated rings. The fourth-order valence-electron chi connectivity index (χ4n) is 3.88. The van der Waals surface area contributed by atoms with Crippen molar-refractivity contribution in [1.82, 2.24) is 0 Å². The van der Waals surface area contributed by atoms with Crippen molar-refractivity contribution in [2.75, 3.05) is 0 Å². The maximum Gasteiger partial charge on any atom is -0.0230 e. The summed E-state index contributed by atoms with van der Waals surface area (Å²) < 4.78 is 0. The Balaban J connectivity index is 1.62. The highest BCUT2D eigenvalue weighted by Gasteiger charge is 2.11. The summed E-state index contributed by atoms with van der Waals surface area (Å²) in [7, 11) is 0.